The Morgan fingerprint density at radius 2 is 2.31 bits per heavy atom. The van der Waals surface area contributed by atoms with Crippen LogP contribution < -0.4 is 10.5 Å². The van der Waals surface area contributed by atoms with Crippen molar-refractivity contribution < 1.29 is 4.74 Å². The average Bonchev–Trinajstić information content (AvgIpc) is 2.27. The van der Waals surface area contributed by atoms with Crippen LogP contribution in [0.2, 0.25) is 0 Å². The highest BCUT2D eigenvalue weighted by Crippen LogP contribution is 2.36. The predicted octanol–water partition coefficient (Wildman–Crippen LogP) is 3.79. The molecule has 1 aliphatic rings. The molecule has 0 spiro atoms. The number of nitrogens with two attached hydrogens (primary N) is 1. The molecule has 2 N–H and O–H groups in total. The van der Waals surface area contributed by atoms with Gasteiger partial charge in [-0.25, -0.2) is 0 Å². The van der Waals surface area contributed by atoms with Crippen LogP contribution >= 0.6 is 15.9 Å². The molecule has 1 aliphatic heterocycles. The highest BCUT2D eigenvalue weighted by atomic mass is 79.9. The van der Waals surface area contributed by atoms with E-state index >= 15 is 0 Å². The van der Waals surface area contributed by atoms with Gasteiger partial charge < -0.3 is 10.5 Å². The maximum absolute atomic E-state index is 6.18. The zero-order chi connectivity index (χ0) is 11.5. The van der Waals surface area contributed by atoms with E-state index in [2.05, 4.69) is 28.9 Å². The van der Waals surface area contributed by atoms with Gasteiger partial charge in [0, 0.05) is 22.5 Å². The number of halogens is 1. The molecule has 1 heterocycles. The van der Waals surface area contributed by atoms with Gasteiger partial charge in [-0.15, -0.1) is 0 Å². The quantitative estimate of drug-likeness (QED) is 0.916. The summed E-state index contributed by atoms with van der Waals surface area (Å²) in [4.78, 5) is 0. The first kappa shape index (κ1) is 11.9. The molecule has 16 heavy (non-hydrogen) atoms. The molecule has 1 aromatic rings. The first-order chi connectivity index (χ1) is 7.70. The van der Waals surface area contributed by atoms with Crippen LogP contribution in [0.1, 0.15) is 44.2 Å². The van der Waals surface area contributed by atoms with Crippen molar-refractivity contribution in [3.8, 4) is 5.75 Å². The van der Waals surface area contributed by atoms with Gasteiger partial charge >= 0.3 is 0 Å². The van der Waals surface area contributed by atoms with Gasteiger partial charge in [0.25, 0.3) is 0 Å². The first-order valence-electron chi connectivity index (χ1n) is 5.92. The van der Waals surface area contributed by atoms with Crippen LogP contribution in [0.5, 0.6) is 5.75 Å². The van der Waals surface area contributed by atoms with E-state index in [-0.39, 0.29) is 6.04 Å². The number of rotatable bonds is 3. The Hall–Kier alpha value is -0.540. The van der Waals surface area contributed by atoms with E-state index in [9.17, 15) is 0 Å². The van der Waals surface area contributed by atoms with E-state index in [4.69, 9.17) is 10.5 Å². The molecule has 0 aliphatic carbocycles. The lowest BCUT2D eigenvalue weighted by molar-refractivity contribution is 0.147. The van der Waals surface area contributed by atoms with Gasteiger partial charge in [-0.05, 0) is 24.6 Å². The number of ether oxygens (including phenoxy) is 1. The second-order valence-corrected chi connectivity index (χ2v) is 5.32. The molecule has 0 saturated heterocycles. The molecule has 0 amide bonds. The molecule has 3 heteroatoms. The zero-order valence-corrected chi connectivity index (χ0v) is 11.2. The number of fused-ring (bicyclic) bond motifs is 1. The first-order valence-corrected chi connectivity index (χ1v) is 6.71. The monoisotopic (exact) mass is 283 g/mol. The molecular weight excluding hydrogens is 266 g/mol. The van der Waals surface area contributed by atoms with Gasteiger partial charge in [0.2, 0.25) is 0 Å². The van der Waals surface area contributed by atoms with Gasteiger partial charge in [0.15, 0.2) is 0 Å². The van der Waals surface area contributed by atoms with Gasteiger partial charge in [0.05, 0.1) is 0 Å². The maximum atomic E-state index is 6.18. The summed E-state index contributed by atoms with van der Waals surface area (Å²) in [6.45, 7) is 2.20. The van der Waals surface area contributed by atoms with Gasteiger partial charge in [-0.2, -0.15) is 0 Å². The standard InChI is InChI=1S/C13H18BrNO/c1-2-3-4-10-8-12(15)11-7-9(14)5-6-13(11)16-10/h5-7,10,12H,2-4,8,15H2,1H3/t10?,12-/m0/s1. The summed E-state index contributed by atoms with van der Waals surface area (Å²) in [5.41, 5.74) is 7.30. The van der Waals surface area contributed by atoms with Crippen LogP contribution in [0.15, 0.2) is 22.7 Å². The molecule has 2 atom stereocenters. The lowest BCUT2D eigenvalue weighted by Gasteiger charge is -2.30. The Morgan fingerprint density at radius 3 is 3.06 bits per heavy atom. The van der Waals surface area contributed by atoms with E-state index in [1.54, 1.807) is 0 Å². The van der Waals surface area contributed by atoms with E-state index in [1.165, 1.54) is 12.8 Å². The Bertz CT molecular complexity index is 367. The fourth-order valence-corrected chi connectivity index (χ4v) is 2.54. The predicted molar refractivity (Wildman–Crippen MR) is 69.6 cm³/mol. The molecule has 0 bridgehead atoms. The van der Waals surface area contributed by atoms with Gasteiger partial charge in [0.1, 0.15) is 11.9 Å². The van der Waals surface area contributed by atoms with Crippen molar-refractivity contribution in [2.75, 3.05) is 0 Å². The number of hydrogen-bond acceptors (Lipinski definition) is 2. The third kappa shape index (κ3) is 2.58. The second kappa shape index (κ2) is 5.19. The van der Waals surface area contributed by atoms with Crippen LogP contribution in [-0.4, -0.2) is 6.10 Å². The molecule has 0 saturated carbocycles. The molecular formula is C13H18BrNO. The van der Waals surface area contributed by atoms with Crippen LogP contribution in [-0.2, 0) is 0 Å². The third-order valence-corrected chi connectivity index (χ3v) is 3.55. The van der Waals surface area contributed by atoms with E-state index in [0.717, 1.165) is 28.6 Å². The summed E-state index contributed by atoms with van der Waals surface area (Å²) >= 11 is 3.46. The van der Waals surface area contributed by atoms with Crippen LogP contribution in [0.4, 0.5) is 0 Å². The second-order valence-electron chi connectivity index (χ2n) is 4.41. The number of unbranched alkanes of at least 4 members (excludes halogenated alkanes) is 1. The van der Waals surface area contributed by atoms with Gasteiger partial charge in [-0.1, -0.05) is 35.7 Å². The Balaban J connectivity index is 2.13. The Morgan fingerprint density at radius 1 is 1.50 bits per heavy atom. The SMILES string of the molecule is CCCCC1C[C@H](N)c2cc(Br)ccc2O1. The fraction of sp³-hybridized carbons (Fsp3) is 0.538. The molecule has 1 aromatic carbocycles. The minimum absolute atomic E-state index is 0.114. The van der Waals surface area contributed by atoms with Crippen molar-refractivity contribution >= 4 is 15.9 Å². The van der Waals surface area contributed by atoms with Crippen LogP contribution in [0.25, 0.3) is 0 Å². The summed E-state index contributed by atoms with van der Waals surface area (Å²) in [7, 11) is 0. The number of benzene rings is 1. The number of hydrogen-bond donors (Lipinski definition) is 1. The van der Waals surface area contributed by atoms with E-state index in [0.29, 0.717) is 6.10 Å². The zero-order valence-electron chi connectivity index (χ0n) is 9.58. The summed E-state index contributed by atoms with van der Waals surface area (Å²) < 4.78 is 7.03. The molecule has 1 unspecified atom stereocenters. The minimum Gasteiger partial charge on any atom is -0.490 e. The summed E-state index contributed by atoms with van der Waals surface area (Å²) in [5, 5.41) is 0. The molecule has 2 rings (SSSR count). The lowest BCUT2D eigenvalue weighted by atomic mass is 9.95. The summed E-state index contributed by atoms with van der Waals surface area (Å²) in [6.07, 6.45) is 4.76. The van der Waals surface area contributed by atoms with Crippen LogP contribution in [0, 0.1) is 0 Å². The summed E-state index contributed by atoms with van der Waals surface area (Å²) in [5.74, 6) is 0.961. The largest absolute Gasteiger partial charge is 0.490 e. The molecule has 2 nitrogen and oxygen atoms in total. The van der Waals surface area contributed by atoms with Crippen molar-refractivity contribution in [1.82, 2.24) is 0 Å². The minimum atomic E-state index is 0.114. The Kier molecular flexibility index (Phi) is 3.87. The average molecular weight is 284 g/mol. The maximum Gasteiger partial charge on any atom is 0.124 e. The van der Waals surface area contributed by atoms with Crippen molar-refractivity contribution in [3.05, 3.63) is 28.2 Å². The third-order valence-electron chi connectivity index (χ3n) is 3.06. The van der Waals surface area contributed by atoms with Crippen molar-refractivity contribution in [3.63, 3.8) is 0 Å². The van der Waals surface area contributed by atoms with E-state index < -0.39 is 0 Å². The topological polar surface area (TPSA) is 35.2 Å². The van der Waals surface area contributed by atoms with Gasteiger partial charge in [-0.3, -0.25) is 0 Å². The van der Waals surface area contributed by atoms with E-state index in [1.807, 2.05) is 12.1 Å². The van der Waals surface area contributed by atoms with Crippen molar-refractivity contribution in [2.45, 2.75) is 44.8 Å². The van der Waals surface area contributed by atoms with Crippen molar-refractivity contribution in [1.29, 1.82) is 0 Å². The smallest absolute Gasteiger partial charge is 0.124 e. The van der Waals surface area contributed by atoms with Crippen molar-refractivity contribution in [2.24, 2.45) is 5.73 Å². The molecule has 0 fully saturated rings. The molecule has 0 radical (unpaired) electrons. The fourth-order valence-electron chi connectivity index (χ4n) is 2.16. The molecule has 88 valence electrons. The highest BCUT2D eigenvalue weighted by Gasteiger charge is 2.25. The Labute approximate surface area is 105 Å². The molecule has 0 aromatic heterocycles. The normalized spacial score (nSPS) is 23.7. The summed E-state index contributed by atoms with van der Waals surface area (Å²) in [6, 6.07) is 6.20. The lowest BCUT2D eigenvalue weighted by Crippen LogP contribution is -2.29. The highest BCUT2D eigenvalue weighted by molar-refractivity contribution is 9.10. The van der Waals surface area contributed by atoms with Crippen LogP contribution in [0.3, 0.4) is 0 Å².